The first-order chi connectivity index (χ1) is 15.0. The Morgan fingerprint density at radius 2 is 1.88 bits per heavy atom. The van der Waals surface area contributed by atoms with Crippen molar-refractivity contribution in [2.24, 2.45) is 0 Å². The van der Waals surface area contributed by atoms with Crippen molar-refractivity contribution in [2.75, 3.05) is 16.7 Å². The van der Waals surface area contributed by atoms with E-state index in [1.807, 2.05) is 27.0 Å². The van der Waals surface area contributed by atoms with Gasteiger partial charge in [-0.25, -0.2) is 17.8 Å². The topological polar surface area (TPSA) is 90.3 Å². The van der Waals surface area contributed by atoms with Gasteiger partial charge in [0, 0.05) is 12.2 Å². The normalized spacial score (nSPS) is 12.2. The van der Waals surface area contributed by atoms with Gasteiger partial charge >= 0.3 is 5.97 Å². The highest BCUT2D eigenvalue weighted by molar-refractivity contribution is 7.98. The third-order valence-electron chi connectivity index (χ3n) is 4.44. The molecular formula is C22H26FN3O4S2. The minimum Gasteiger partial charge on any atom is -0.459 e. The Hall–Kier alpha value is -2.59. The molecule has 0 aliphatic rings. The van der Waals surface area contributed by atoms with Gasteiger partial charge in [0.1, 0.15) is 23.8 Å². The Kier molecular flexibility index (Phi) is 7.14. The summed E-state index contributed by atoms with van der Waals surface area (Å²) in [6, 6.07) is 9.53. The molecule has 0 aliphatic carbocycles. The Balaban J connectivity index is 1.92. The lowest BCUT2D eigenvalue weighted by atomic mass is 10.2. The SMILES string of the molecule is CSCCc1nc2cc(NS(=O)(=O)c3ccc(F)cc3)ccc2n1CC(=O)OC(C)(C)C. The number of hydrogen-bond acceptors (Lipinski definition) is 6. The molecule has 1 heterocycles. The summed E-state index contributed by atoms with van der Waals surface area (Å²) in [6.07, 6.45) is 2.64. The molecule has 0 aliphatic heterocycles. The molecule has 0 unspecified atom stereocenters. The number of imidazole rings is 1. The lowest BCUT2D eigenvalue weighted by molar-refractivity contribution is -0.155. The smallest absolute Gasteiger partial charge is 0.326 e. The third-order valence-corrected chi connectivity index (χ3v) is 6.45. The first kappa shape index (κ1) is 24.1. The fraction of sp³-hybridized carbons (Fsp3) is 0.364. The van der Waals surface area contributed by atoms with Gasteiger partial charge in [-0.2, -0.15) is 11.8 Å². The summed E-state index contributed by atoms with van der Waals surface area (Å²) >= 11 is 1.67. The summed E-state index contributed by atoms with van der Waals surface area (Å²) in [5, 5.41) is 0. The number of hydrogen-bond donors (Lipinski definition) is 1. The van der Waals surface area contributed by atoms with Gasteiger partial charge in [0.25, 0.3) is 10.0 Å². The zero-order valence-corrected chi connectivity index (χ0v) is 20.0. The number of rotatable bonds is 8. The minimum absolute atomic E-state index is 0.0120. The van der Waals surface area contributed by atoms with Crippen molar-refractivity contribution in [1.29, 1.82) is 0 Å². The molecule has 0 saturated heterocycles. The summed E-state index contributed by atoms with van der Waals surface area (Å²) in [4.78, 5) is 17.0. The first-order valence-electron chi connectivity index (χ1n) is 9.97. The van der Waals surface area contributed by atoms with Crippen molar-refractivity contribution >= 4 is 44.5 Å². The van der Waals surface area contributed by atoms with Gasteiger partial charge in [0.15, 0.2) is 0 Å². The summed E-state index contributed by atoms with van der Waals surface area (Å²) in [7, 11) is -3.88. The standard InChI is InChI=1S/C22H26FN3O4S2/c1-22(2,3)30-21(27)14-26-19-10-7-16(13-18(19)24-20(26)11-12-31-4)25-32(28,29)17-8-5-15(23)6-9-17/h5-10,13,25H,11-12,14H2,1-4H3. The van der Waals surface area contributed by atoms with E-state index in [9.17, 15) is 17.6 Å². The predicted octanol–water partition coefficient (Wildman–Crippen LogP) is 4.22. The molecule has 3 rings (SSSR count). The predicted molar refractivity (Wildman–Crippen MR) is 125 cm³/mol. The number of carbonyl (C=O) groups is 1. The molecule has 3 aromatic rings. The van der Waals surface area contributed by atoms with Crippen LogP contribution >= 0.6 is 11.8 Å². The maximum absolute atomic E-state index is 13.1. The highest BCUT2D eigenvalue weighted by Gasteiger charge is 2.20. The third kappa shape index (κ3) is 6.01. The molecule has 0 atom stereocenters. The Morgan fingerprint density at radius 1 is 1.19 bits per heavy atom. The van der Waals surface area contributed by atoms with Gasteiger partial charge in [-0.3, -0.25) is 9.52 Å². The number of esters is 1. The molecule has 0 bridgehead atoms. The Labute approximate surface area is 191 Å². The van der Waals surface area contributed by atoms with Crippen LogP contribution in [0.1, 0.15) is 26.6 Å². The zero-order valence-electron chi connectivity index (χ0n) is 18.4. The van der Waals surface area contributed by atoms with Crippen LogP contribution < -0.4 is 4.72 Å². The van der Waals surface area contributed by atoms with Crippen molar-refractivity contribution in [3.8, 4) is 0 Å². The first-order valence-corrected chi connectivity index (χ1v) is 12.8. The molecule has 7 nitrogen and oxygen atoms in total. The van der Waals surface area contributed by atoms with Gasteiger partial charge in [-0.05, 0) is 69.5 Å². The largest absolute Gasteiger partial charge is 0.459 e. The van der Waals surface area contributed by atoms with Gasteiger partial charge in [0.05, 0.1) is 21.6 Å². The summed E-state index contributed by atoms with van der Waals surface area (Å²) < 4.78 is 48.1. The number of ether oxygens (including phenoxy) is 1. The van der Waals surface area contributed by atoms with Crippen LogP contribution in [0.3, 0.4) is 0 Å². The number of fused-ring (bicyclic) bond motifs is 1. The van der Waals surface area contributed by atoms with Crippen LogP contribution in [-0.4, -0.2) is 41.5 Å². The second-order valence-electron chi connectivity index (χ2n) is 8.21. The van der Waals surface area contributed by atoms with Crippen LogP contribution in [0.5, 0.6) is 0 Å². The monoisotopic (exact) mass is 479 g/mol. The van der Waals surface area contributed by atoms with E-state index in [1.54, 1.807) is 34.5 Å². The number of halogens is 1. The maximum Gasteiger partial charge on any atom is 0.326 e. The van der Waals surface area contributed by atoms with Gasteiger partial charge in [-0.1, -0.05) is 0 Å². The van der Waals surface area contributed by atoms with Crippen LogP contribution in [0.2, 0.25) is 0 Å². The lowest BCUT2D eigenvalue weighted by Gasteiger charge is -2.20. The van der Waals surface area contributed by atoms with Crippen LogP contribution in [0.25, 0.3) is 11.0 Å². The van der Waals surface area contributed by atoms with E-state index < -0.39 is 21.4 Å². The minimum atomic E-state index is -3.88. The number of nitrogens with zero attached hydrogens (tertiary/aromatic N) is 2. The van der Waals surface area contributed by atoms with Crippen LogP contribution in [0, 0.1) is 5.82 Å². The number of nitrogens with one attached hydrogen (secondary N) is 1. The molecule has 0 amide bonds. The lowest BCUT2D eigenvalue weighted by Crippen LogP contribution is -2.27. The molecule has 0 spiro atoms. The summed E-state index contributed by atoms with van der Waals surface area (Å²) in [5.74, 6) is 0.655. The van der Waals surface area contributed by atoms with E-state index in [1.165, 1.54) is 12.1 Å². The quantitative estimate of drug-likeness (QED) is 0.487. The highest BCUT2D eigenvalue weighted by atomic mass is 32.2. The summed E-state index contributed by atoms with van der Waals surface area (Å²) in [5.41, 5.74) is 0.986. The zero-order chi connectivity index (χ0) is 23.5. The summed E-state index contributed by atoms with van der Waals surface area (Å²) in [6.45, 7) is 5.44. The van der Waals surface area contributed by atoms with Gasteiger partial charge < -0.3 is 9.30 Å². The number of sulfonamides is 1. The molecule has 0 saturated carbocycles. The van der Waals surface area contributed by atoms with Gasteiger partial charge in [0.2, 0.25) is 0 Å². The van der Waals surface area contributed by atoms with Crippen molar-refractivity contribution in [1.82, 2.24) is 9.55 Å². The van der Waals surface area contributed by atoms with Gasteiger partial charge in [-0.15, -0.1) is 0 Å². The van der Waals surface area contributed by atoms with E-state index in [0.717, 1.165) is 23.7 Å². The van der Waals surface area contributed by atoms with E-state index in [0.29, 0.717) is 23.1 Å². The number of aromatic nitrogens is 2. The fourth-order valence-corrected chi connectivity index (χ4v) is 4.57. The molecule has 1 aromatic heterocycles. The average Bonchev–Trinajstić information content (AvgIpc) is 3.01. The molecule has 10 heteroatoms. The number of aryl methyl sites for hydroxylation is 1. The molecule has 1 N–H and O–H groups in total. The number of thioether (sulfide) groups is 1. The van der Waals surface area contributed by atoms with Crippen molar-refractivity contribution in [3.05, 3.63) is 54.1 Å². The molecular weight excluding hydrogens is 453 g/mol. The molecule has 172 valence electrons. The molecule has 0 fully saturated rings. The van der Waals surface area contributed by atoms with Crippen LogP contribution in [-0.2, 0) is 32.5 Å². The van der Waals surface area contributed by atoms with E-state index in [2.05, 4.69) is 9.71 Å². The second kappa shape index (κ2) is 9.50. The van der Waals surface area contributed by atoms with E-state index >= 15 is 0 Å². The van der Waals surface area contributed by atoms with Crippen LogP contribution in [0.4, 0.5) is 10.1 Å². The maximum atomic E-state index is 13.1. The number of anilines is 1. The molecule has 32 heavy (non-hydrogen) atoms. The van der Waals surface area contributed by atoms with Crippen LogP contribution in [0.15, 0.2) is 47.4 Å². The number of carbonyl (C=O) groups excluding carboxylic acids is 1. The Bertz CT molecular complexity index is 1220. The van der Waals surface area contributed by atoms with E-state index in [4.69, 9.17) is 4.74 Å². The number of benzene rings is 2. The van der Waals surface area contributed by atoms with Crippen molar-refractivity contribution in [2.45, 2.75) is 44.2 Å². The van der Waals surface area contributed by atoms with E-state index in [-0.39, 0.29) is 17.4 Å². The highest BCUT2D eigenvalue weighted by Crippen LogP contribution is 2.24. The van der Waals surface area contributed by atoms with Crippen molar-refractivity contribution in [3.63, 3.8) is 0 Å². The second-order valence-corrected chi connectivity index (χ2v) is 10.9. The van der Waals surface area contributed by atoms with Crippen molar-refractivity contribution < 1.29 is 22.3 Å². The fourth-order valence-electron chi connectivity index (χ4n) is 3.13. The Morgan fingerprint density at radius 3 is 2.50 bits per heavy atom. The molecule has 0 radical (unpaired) electrons. The molecule has 2 aromatic carbocycles. The average molecular weight is 480 g/mol.